The Bertz CT molecular complexity index is 637. The number of amides is 1. The van der Waals surface area contributed by atoms with Crippen LogP contribution in [0.5, 0.6) is 6.01 Å². The number of methoxy groups -OCH3 is 1. The van der Waals surface area contributed by atoms with Gasteiger partial charge in [0.15, 0.2) is 0 Å². The van der Waals surface area contributed by atoms with Crippen LogP contribution in [-0.4, -0.2) is 102 Å². The van der Waals surface area contributed by atoms with Crippen LogP contribution in [0.3, 0.4) is 0 Å². The average molecular weight is 377 g/mol. The van der Waals surface area contributed by atoms with E-state index in [4.69, 9.17) is 14.2 Å². The van der Waals surface area contributed by atoms with Crippen molar-refractivity contribution in [3.05, 3.63) is 18.0 Å². The van der Waals surface area contributed by atoms with Crippen LogP contribution in [-0.2, 0) is 16.0 Å². The third kappa shape index (κ3) is 4.31. The molecule has 0 aromatic carbocycles. The van der Waals surface area contributed by atoms with E-state index in [1.807, 2.05) is 4.90 Å². The number of morpholine rings is 1. The molecule has 3 saturated heterocycles. The van der Waals surface area contributed by atoms with Crippen LogP contribution < -0.4 is 4.74 Å². The van der Waals surface area contributed by atoms with Gasteiger partial charge >= 0.3 is 12.1 Å². The summed E-state index contributed by atoms with van der Waals surface area (Å²) in [5.41, 5.74) is 1.03. The first-order valence-electron chi connectivity index (χ1n) is 9.57. The Hall–Kier alpha value is -1.97. The highest BCUT2D eigenvalue weighted by Gasteiger charge is 2.47. The first-order chi connectivity index (χ1) is 13.2. The van der Waals surface area contributed by atoms with Gasteiger partial charge in [0.2, 0.25) is 0 Å². The van der Waals surface area contributed by atoms with Crippen molar-refractivity contribution >= 4 is 6.09 Å². The SMILES string of the molecule is COc1ncc(CN2C[C@H]3OC(=O)N(CCCN4CCOCC4)[C@H]3C2)cn1. The highest BCUT2D eigenvalue weighted by atomic mass is 16.6. The maximum Gasteiger partial charge on any atom is 0.410 e. The molecule has 3 aliphatic rings. The number of likely N-dealkylation sites (tertiary alicyclic amines) is 1. The van der Waals surface area contributed by atoms with Crippen molar-refractivity contribution in [2.75, 3.05) is 59.6 Å². The fourth-order valence-electron chi connectivity index (χ4n) is 4.04. The molecule has 0 saturated carbocycles. The van der Waals surface area contributed by atoms with Crippen molar-refractivity contribution < 1.29 is 19.0 Å². The molecule has 4 heterocycles. The zero-order valence-corrected chi connectivity index (χ0v) is 15.7. The van der Waals surface area contributed by atoms with E-state index in [2.05, 4.69) is 19.8 Å². The number of fused-ring (bicyclic) bond motifs is 1. The molecule has 3 fully saturated rings. The fraction of sp³-hybridized carbons (Fsp3) is 0.722. The van der Waals surface area contributed by atoms with Crippen molar-refractivity contribution in [1.29, 1.82) is 0 Å². The standard InChI is InChI=1S/C18H27N5O4/c1-25-17-19-9-14(10-20-17)11-22-12-15-16(13-22)27-18(24)23(15)4-2-3-21-5-7-26-8-6-21/h9-10,15-16H,2-8,11-13H2,1H3/t15-,16+/m0/s1. The van der Waals surface area contributed by atoms with Crippen molar-refractivity contribution in [1.82, 2.24) is 24.7 Å². The number of nitrogens with zero attached hydrogens (tertiary/aromatic N) is 5. The highest BCUT2D eigenvalue weighted by Crippen LogP contribution is 2.28. The second kappa shape index (κ2) is 8.37. The molecule has 0 N–H and O–H groups in total. The van der Waals surface area contributed by atoms with Gasteiger partial charge in [-0.15, -0.1) is 0 Å². The number of rotatable bonds is 7. The second-order valence-electron chi connectivity index (χ2n) is 7.26. The molecule has 3 aliphatic heterocycles. The minimum Gasteiger partial charge on any atom is -0.467 e. The van der Waals surface area contributed by atoms with Crippen LogP contribution in [0.15, 0.2) is 12.4 Å². The van der Waals surface area contributed by atoms with Gasteiger partial charge in [0.1, 0.15) is 6.10 Å². The van der Waals surface area contributed by atoms with Crippen LogP contribution >= 0.6 is 0 Å². The predicted octanol–water partition coefficient (Wildman–Crippen LogP) is 0.213. The normalized spacial score (nSPS) is 26.3. The summed E-state index contributed by atoms with van der Waals surface area (Å²) in [5.74, 6) is 0. The van der Waals surface area contributed by atoms with Gasteiger partial charge in [-0.3, -0.25) is 9.80 Å². The molecule has 1 aromatic heterocycles. The lowest BCUT2D eigenvalue weighted by molar-refractivity contribution is 0.0362. The van der Waals surface area contributed by atoms with Crippen molar-refractivity contribution in [2.24, 2.45) is 0 Å². The quantitative estimate of drug-likeness (QED) is 0.667. The van der Waals surface area contributed by atoms with Gasteiger partial charge in [-0.25, -0.2) is 14.8 Å². The van der Waals surface area contributed by atoms with Crippen LogP contribution in [0.2, 0.25) is 0 Å². The van der Waals surface area contributed by atoms with Gasteiger partial charge in [0.05, 0.1) is 26.4 Å². The molecular formula is C18H27N5O4. The molecule has 4 rings (SSSR count). The number of ether oxygens (including phenoxy) is 3. The Balaban J connectivity index is 1.27. The molecule has 2 atom stereocenters. The molecule has 0 aliphatic carbocycles. The van der Waals surface area contributed by atoms with E-state index in [1.165, 1.54) is 0 Å². The molecule has 148 valence electrons. The smallest absolute Gasteiger partial charge is 0.410 e. The number of aromatic nitrogens is 2. The number of hydrogen-bond acceptors (Lipinski definition) is 8. The van der Waals surface area contributed by atoms with E-state index in [0.717, 1.165) is 71.0 Å². The summed E-state index contributed by atoms with van der Waals surface area (Å²) in [5, 5.41) is 0. The molecule has 9 heteroatoms. The lowest BCUT2D eigenvalue weighted by atomic mass is 10.2. The summed E-state index contributed by atoms with van der Waals surface area (Å²) in [6.07, 6.45) is 4.32. The summed E-state index contributed by atoms with van der Waals surface area (Å²) < 4.78 is 16.0. The minimum absolute atomic E-state index is 0.0416. The second-order valence-corrected chi connectivity index (χ2v) is 7.26. The molecule has 9 nitrogen and oxygen atoms in total. The zero-order valence-electron chi connectivity index (χ0n) is 15.7. The van der Waals surface area contributed by atoms with Gasteiger partial charge < -0.3 is 19.1 Å². The molecule has 0 spiro atoms. The van der Waals surface area contributed by atoms with E-state index in [9.17, 15) is 4.79 Å². The Labute approximate surface area is 159 Å². The third-order valence-electron chi connectivity index (χ3n) is 5.45. The van der Waals surface area contributed by atoms with Crippen molar-refractivity contribution in [2.45, 2.75) is 25.1 Å². The molecular weight excluding hydrogens is 350 g/mol. The topological polar surface area (TPSA) is 80.3 Å². The summed E-state index contributed by atoms with van der Waals surface area (Å²) in [6, 6.07) is 0.513. The number of hydrogen-bond donors (Lipinski definition) is 0. The molecule has 1 amide bonds. The third-order valence-corrected chi connectivity index (χ3v) is 5.45. The molecule has 1 aromatic rings. The highest BCUT2D eigenvalue weighted by molar-refractivity contribution is 5.71. The lowest BCUT2D eigenvalue weighted by Crippen LogP contribution is -2.41. The monoisotopic (exact) mass is 377 g/mol. The Morgan fingerprint density at radius 3 is 2.67 bits per heavy atom. The average Bonchev–Trinajstić information content (AvgIpc) is 3.20. The Morgan fingerprint density at radius 1 is 1.15 bits per heavy atom. The van der Waals surface area contributed by atoms with Crippen LogP contribution in [0.1, 0.15) is 12.0 Å². The number of carbonyl (C=O) groups excluding carboxylic acids is 1. The van der Waals surface area contributed by atoms with Gasteiger partial charge in [0, 0.05) is 63.8 Å². The number of carbonyl (C=O) groups is 1. The fourth-order valence-corrected chi connectivity index (χ4v) is 4.04. The van der Waals surface area contributed by atoms with Gasteiger partial charge in [-0.2, -0.15) is 0 Å². The van der Waals surface area contributed by atoms with Crippen LogP contribution in [0.4, 0.5) is 4.79 Å². The summed E-state index contributed by atoms with van der Waals surface area (Å²) in [4.78, 5) is 27.1. The first-order valence-corrected chi connectivity index (χ1v) is 9.57. The van der Waals surface area contributed by atoms with Gasteiger partial charge in [-0.1, -0.05) is 0 Å². The van der Waals surface area contributed by atoms with E-state index in [-0.39, 0.29) is 18.2 Å². The zero-order chi connectivity index (χ0) is 18.6. The van der Waals surface area contributed by atoms with E-state index >= 15 is 0 Å². The molecule has 0 unspecified atom stereocenters. The molecule has 27 heavy (non-hydrogen) atoms. The minimum atomic E-state index is -0.167. The van der Waals surface area contributed by atoms with E-state index in [0.29, 0.717) is 6.01 Å². The largest absolute Gasteiger partial charge is 0.467 e. The maximum absolute atomic E-state index is 12.2. The van der Waals surface area contributed by atoms with E-state index < -0.39 is 0 Å². The van der Waals surface area contributed by atoms with Crippen LogP contribution in [0.25, 0.3) is 0 Å². The van der Waals surface area contributed by atoms with Gasteiger partial charge in [0.25, 0.3) is 0 Å². The summed E-state index contributed by atoms with van der Waals surface area (Å²) in [6.45, 7) is 7.64. The summed E-state index contributed by atoms with van der Waals surface area (Å²) >= 11 is 0. The lowest BCUT2D eigenvalue weighted by Gasteiger charge is -2.28. The molecule has 0 bridgehead atoms. The van der Waals surface area contributed by atoms with Crippen LogP contribution in [0, 0.1) is 0 Å². The first kappa shape index (κ1) is 18.4. The van der Waals surface area contributed by atoms with Crippen molar-refractivity contribution in [3.63, 3.8) is 0 Å². The van der Waals surface area contributed by atoms with Crippen molar-refractivity contribution in [3.8, 4) is 6.01 Å². The summed E-state index contributed by atoms with van der Waals surface area (Å²) in [7, 11) is 1.55. The Morgan fingerprint density at radius 2 is 1.93 bits per heavy atom. The van der Waals surface area contributed by atoms with E-state index in [1.54, 1.807) is 19.5 Å². The predicted molar refractivity (Wildman–Crippen MR) is 96.5 cm³/mol. The van der Waals surface area contributed by atoms with Gasteiger partial charge in [-0.05, 0) is 6.42 Å². The molecule has 0 radical (unpaired) electrons. The Kier molecular flexibility index (Phi) is 5.70. The maximum atomic E-state index is 12.2.